The van der Waals surface area contributed by atoms with Crippen LogP contribution in [0.2, 0.25) is 0 Å². The fourth-order valence-electron chi connectivity index (χ4n) is 1.78. The highest BCUT2D eigenvalue weighted by Crippen LogP contribution is 2.19. The van der Waals surface area contributed by atoms with Gasteiger partial charge in [0, 0.05) is 6.54 Å². The van der Waals surface area contributed by atoms with E-state index in [1.807, 2.05) is 0 Å². The van der Waals surface area contributed by atoms with Crippen LogP contribution in [0.25, 0.3) is 0 Å². The van der Waals surface area contributed by atoms with Crippen LogP contribution in [0.15, 0.2) is 24.3 Å². The molecule has 0 spiro atoms. The Kier molecular flexibility index (Phi) is 6.20. The molecule has 0 saturated heterocycles. The Morgan fingerprint density at radius 3 is 2.06 bits per heavy atom. The van der Waals surface area contributed by atoms with Gasteiger partial charge in [-0.3, -0.25) is 0 Å². The van der Waals surface area contributed by atoms with Crippen molar-refractivity contribution in [2.75, 3.05) is 13.1 Å². The number of ether oxygens (including phenoxy) is 1. The number of benzene rings is 1. The molecule has 1 rings (SSSR count). The first-order chi connectivity index (χ1) is 8.49. The van der Waals surface area contributed by atoms with Gasteiger partial charge in [-0.15, -0.1) is 0 Å². The van der Waals surface area contributed by atoms with Crippen molar-refractivity contribution in [1.29, 1.82) is 0 Å². The number of hydrogen-bond donors (Lipinski definition) is 1. The van der Waals surface area contributed by atoms with Crippen molar-refractivity contribution < 1.29 is 4.74 Å². The molecular weight excluding hydrogens is 222 g/mol. The molecule has 18 heavy (non-hydrogen) atoms. The molecule has 102 valence electrons. The van der Waals surface area contributed by atoms with Crippen molar-refractivity contribution in [3.63, 3.8) is 0 Å². The van der Waals surface area contributed by atoms with E-state index >= 15 is 0 Å². The second-order valence-electron chi connectivity index (χ2n) is 5.70. The average Bonchev–Trinajstić information content (AvgIpc) is 2.29. The number of hydrogen-bond acceptors (Lipinski definition) is 2. The van der Waals surface area contributed by atoms with Gasteiger partial charge >= 0.3 is 0 Å². The van der Waals surface area contributed by atoms with Crippen LogP contribution in [0, 0.1) is 5.92 Å². The molecule has 2 heteroatoms. The molecule has 0 aromatic heterocycles. The van der Waals surface area contributed by atoms with Gasteiger partial charge in [0.05, 0.1) is 0 Å². The van der Waals surface area contributed by atoms with E-state index in [2.05, 4.69) is 64.2 Å². The Labute approximate surface area is 112 Å². The fourth-order valence-corrected chi connectivity index (χ4v) is 1.78. The summed E-state index contributed by atoms with van der Waals surface area (Å²) in [7, 11) is 0. The first-order valence-corrected chi connectivity index (χ1v) is 6.96. The molecule has 0 aliphatic carbocycles. The van der Waals surface area contributed by atoms with Crippen LogP contribution in [-0.4, -0.2) is 19.2 Å². The predicted octanol–water partition coefficient (Wildman–Crippen LogP) is 3.82. The Hall–Kier alpha value is -1.02. The molecule has 1 N–H and O–H groups in total. The summed E-state index contributed by atoms with van der Waals surface area (Å²) in [5.41, 5.74) is 1.35. The van der Waals surface area contributed by atoms with Crippen LogP contribution in [0.5, 0.6) is 5.75 Å². The summed E-state index contributed by atoms with van der Waals surface area (Å²) < 4.78 is 5.87. The molecular formula is C16H27NO. The predicted molar refractivity (Wildman–Crippen MR) is 78.3 cm³/mol. The number of nitrogens with one attached hydrogen (secondary N) is 1. The maximum absolute atomic E-state index is 5.87. The quantitative estimate of drug-likeness (QED) is 0.793. The fraction of sp³-hybridized carbons (Fsp3) is 0.625. The van der Waals surface area contributed by atoms with Crippen LogP contribution in [-0.2, 0) is 0 Å². The highest BCUT2D eigenvalue weighted by molar-refractivity contribution is 5.29. The molecule has 1 unspecified atom stereocenters. The zero-order valence-corrected chi connectivity index (χ0v) is 12.4. The minimum absolute atomic E-state index is 0.202. The van der Waals surface area contributed by atoms with E-state index in [9.17, 15) is 0 Å². The van der Waals surface area contributed by atoms with Crippen LogP contribution in [0.3, 0.4) is 0 Å². The lowest BCUT2D eigenvalue weighted by molar-refractivity contribution is 0.215. The third-order valence-electron chi connectivity index (χ3n) is 2.87. The van der Waals surface area contributed by atoms with E-state index in [-0.39, 0.29) is 6.10 Å². The first kappa shape index (κ1) is 15.0. The minimum Gasteiger partial charge on any atom is -0.489 e. The van der Waals surface area contributed by atoms with E-state index in [4.69, 9.17) is 4.74 Å². The molecule has 1 aromatic carbocycles. The Morgan fingerprint density at radius 1 is 0.944 bits per heavy atom. The SMILES string of the molecule is CC(C)CNCC(C)Oc1ccc(C(C)C)cc1. The van der Waals surface area contributed by atoms with Gasteiger partial charge in [-0.2, -0.15) is 0 Å². The summed E-state index contributed by atoms with van der Waals surface area (Å²) in [4.78, 5) is 0. The average molecular weight is 249 g/mol. The first-order valence-electron chi connectivity index (χ1n) is 6.96. The maximum atomic E-state index is 5.87. The Bertz CT molecular complexity index is 329. The van der Waals surface area contributed by atoms with Crippen molar-refractivity contribution in [2.45, 2.75) is 46.6 Å². The van der Waals surface area contributed by atoms with Crippen LogP contribution in [0.1, 0.15) is 46.1 Å². The topological polar surface area (TPSA) is 21.3 Å². The zero-order valence-electron chi connectivity index (χ0n) is 12.4. The summed E-state index contributed by atoms with van der Waals surface area (Å²) >= 11 is 0. The Balaban J connectivity index is 2.37. The molecule has 0 heterocycles. The second kappa shape index (κ2) is 7.42. The molecule has 0 aliphatic rings. The lowest BCUT2D eigenvalue weighted by Gasteiger charge is -2.17. The van der Waals surface area contributed by atoms with Crippen molar-refractivity contribution in [3.05, 3.63) is 29.8 Å². The molecule has 0 aliphatic heterocycles. The third-order valence-corrected chi connectivity index (χ3v) is 2.87. The molecule has 0 bridgehead atoms. The second-order valence-corrected chi connectivity index (χ2v) is 5.70. The lowest BCUT2D eigenvalue weighted by Crippen LogP contribution is -2.31. The van der Waals surface area contributed by atoms with Gasteiger partial charge in [0.1, 0.15) is 11.9 Å². The van der Waals surface area contributed by atoms with Gasteiger partial charge in [0.2, 0.25) is 0 Å². The van der Waals surface area contributed by atoms with Crippen molar-refractivity contribution in [1.82, 2.24) is 5.32 Å². The van der Waals surface area contributed by atoms with Crippen LogP contribution < -0.4 is 10.1 Å². The monoisotopic (exact) mass is 249 g/mol. The van der Waals surface area contributed by atoms with Gasteiger partial charge in [0.15, 0.2) is 0 Å². The van der Waals surface area contributed by atoms with E-state index in [0.29, 0.717) is 11.8 Å². The number of rotatable bonds is 7. The molecule has 0 radical (unpaired) electrons. The van der Waals surface area contributed by atoms with Gasteiger partial charge in [0.25, 0.3) is 0 Å². The van der Waals surface area contributed by atoms with Gasteiger partial charge < -0.3 is 10.1 Å². The van der Waals surface area contributed by atoms with Crippen molar-refractivity contribution in [3.8, 4) is 5.75 Å². The van der Waals surface area contributed by atoms with E-state index in [0.717, 1.165) is 18.8 Å². The smallest absolute Gasteiger partial charge is 0.119 e. The van der Waals surface area contributed by atoms with E-state index in [1.54, 1.807) is 0 Å². The summed E-state index contributed by atoms with van der Waals surface area (Å²) in [5.74, 6) is 2.21. The molecule has 0 fully saturated rings. The molecule has 0 saturated carbocycles. The normalized spacial score (nSPS) is 13.1. The Morgan fingerprint density at radius 2 is 1.56 bits per heavy atom. The molecule has 1 atom stereocenters. The van der Waals surface area contributed by atoms with Gasteiger partial charge in [-0.05, 0) is 43.0 Å². The lowest BCUT2D eigenvalue weighted by atomic mass is 10.0. The molecule has 1 aromatic rings. The van der Waals surface area contributed by atoms with Crippen molar-refractivity contribution in [2.24, 2.45) is 5.92 Å². The molecule has 0 amide bonds. The summed E-state index contributed by atoms with van der Waals surface area (Å²) in [6, 6.07) is 8.42. The maximum Gasteiger partial charge on any atom is 0.119 e. The van der Waals surface area contributed by atoms with Gasteiger partial charge in [-0.1, -0.05) is 39.8 Å². The van der Waals surface area contributed by atoms with E-state index in [1.165, 1.54) is 5.56 Å². The molecule has 2 nitrogen and oxygen atoms in total. The minimum atomic E-state index is 0.202. The van der Waals surface area contributed by atoms with E-state index < -0.39 is 0 Å². The summed E-state index contributed by atoms with van der Waals surface area (Å²) in [5, 5.41) is 3.41. The highest BCUT2D eigenvalue weighted by Gasteiger charge is 2.05. The largest absolute Gasteiger partial charge is 0.489 e. The third kappa shape index (κ3) is 5.54. The van der Waals surface area contributed by atoms with Crippen molar-refractivity contribution >= 4 is 0 Å². The van der Waals surface area contributed by atoms with Crippen LogP contribution in [0.4, 0.5) is 0 Å². The highest BCUT2D eigenvalue weighted by atomic mass is 16.5. The summed E-state index contributed by atoms with van der Waals surface area (Å²) in [6.45, 7) is 12.9. The van der Waals surface area contributed by atoms with Gasteiger partial charge in [-0.25, -0.2) is 0 Å². The zero-order chi connectivity index (χ0) is 13.5. The summed E-state index contributed by atoms with van der Waals surface area (Å²) in [6.07, 6.45) is 0.202. The van der Waals surface area contributed by atoms with Crippen LogP contribution >= 0.6 is 0 Å². The standard InChI is InChI=1S/C16H27NO/c1-12(2)10-17-11-14(5)18-16-8-6-15(7-9-16)13(3)4/h6-9,12-14,17H,10-11H2,1-5H3.